The minimum Gasteiger partial charge on any atom is -0.354 e. The molecule has 2 N–H and O–H groups in total. The molecule has 1 unspecified atom stereocenters. The third-order valence-corrected chi connectivity index (χ3v) is 6.26. The summed E-state index contributed by atoms with van der Waals surface area (Å²) in [5.41, 5.74) is 3.59. The number of benzene rings is 1. The second kappa shape index (κ2) is 9.44. The molecule has 1 aromatic carbocycles. The first-order valence-corrected chi connectivity index (χ1v) is 11.1. The quantitative estimate of drug-likeness (QED) is 0.735. The first-order valence-electron chi connectivity index (χ1n) is 11.1. The number of allylic oxidation sites excluding steroid dienone is 1. The summed E-state index contributed by atoms with van der Waals surface area (Å²) in [4.78, 5) is 25.4. The maximum atomic E-state index is 12.7. The number of rotatable bonds is 6. The number of amides is 1. The Morgan fingerprint density at radius 1 is 1.17 bits per heavy atom. The predicted octanol–water partition coefficient (Wildman–Crippen LogP) is 3.47. The molecular formula is C23H33N5O. The van der Waals surface area contributed by atoms with E-state index >= 15 is 0 Å². The lowest BCUT2D eigenvalue weighted by Gasteiger charge is -2.27. The van der Waals surface area contributed by atoms with E-state index in [1.807, 2.05) is 25.1 Å². The van der Waals surface area contributed by atoms with Gasteiger partial charge in [0.1, 0.15) is 0 Å². The molecule has 0 radical (unpaired) electrons. The van der Waals surface area contributed by atoms with E-state index in [2.05, 4.69) is 32.2 Å². The maximum absolute atomic E-state index is 12.7. The molecule has 0 spiro atoms. The van der Waals surface area contributed by atoms with Crippen molar-refractivity contribution in [2.45, 2.75) is 51.5 Å². The van der Waals surface area contributed by atoms with Crippen LogP contribution in [-0.4, -0.2) is 59.5 Å². The van der Waals surface area contributed by atoms with Gasteiger partial charge in [-0.1, -0.05) is 23.8 Å². The molecule has 1 fully saturated rings. The molecule has 2 aromatic rings. The topological polar surface area (TPSA) is 64.3 Å². The summed E-state index contributed by atoms with van der Waals surface area (Å²) < 4.78 is 0. The van der Waals surface area contributed by atoms with E-state index in [-0.39, 0.29) is 11.9 Å². The monoisotopic (exact) mass is 395 g/mol. The van der Waals surface area contributed by atoms with E-state index in [1.165, 1.54) is 31.3 Å². The highest BCUT2D eigenvalue weighted by atomic mass is 16.2. The Balaban J connectivity index is 1.28. The zero-order valence-corrected chi connectivity index (χ0v) is 17.5. The van der Waals surface area contributed by atoms with Crippen LogP contribution in [0.15, 0.2) is 35.9 Å². The van der Waals surface area contributed by atoms with E-state index in [0.29, 0.717) is 0 Å². The minimum absolute atomic E-state index is 0.0917. The lowest BCUT2D eigenvalue weighted by Crippen LogP contribution is -2.46. The molecule has 1 aliphatic carbocycles. The van der Waals surface area contributed by atoms with Crippen LogP contribution in [0, 0.1) is 0 Å². The summed E-state index contributed by atoms with van der Waals surface area (Å²) in [6, 6.07) is 8.05. The van der Waals surface area contributed by atoms with Crippen LogP contribution in [-0.2, 0) is 4.79 Å². The number of imidazole rings is 1. The van der Waals surface area contributed by atoms with E-state index in [1.54, 1.807) is 0 Å². The fourth-order valence-electron chi connectivity index (χ4n) is 4.42. The molecule has 1 aliphatic heterocycles. The molecule has 0 bridgehead atoms. The second-order valence-corrected chi connectivity index (χ2v) is 8.28. The molecule has 29 heavy (non-hydrogen) atoms. The van der Waals surface area contributed by atoms with Crippen LogP contribution < -0.4 is 10.2 Å². The number of aromatic nitrogens is 2. The van der Waals surface area contributed by atoms with E-state index in [4.69, 9.17) is 4.98 Å². The Hall–Kier alpha value is -2.34. The summed E-state index contributed by atoms with van der Waals surface area (Å²) in [5.74, 6) is 1.09. The average Bonchev–Trinajstić information content (AvgIpc) is 3.03. The summed E-state index contributed by atoms with van der Waals surface area (Å²) in [7, 11) is 0. The molecule has 0 saturated carbocycles. The SMILES string of the molecule is CC(C(=O)NCCC1=CCCCC1)N1CCCN(c2nc3ccccc3[nH]2)CC1. The highest BCUT2D eigenvalue weighted by Crippen LogP contribution is 2.20. The lowest BCUT2D eigenvalue weighted by molar-refractivity contribution is -0.125. The van der Waals surface area contributed by atoms with Crippen molar-refractivity contribution < 1.29 is 4.79 Å². The number of para-hydroxylation sites is 2. The molecule has 1 atom stereocenters. The van der Waals surface area contributed by atoms with Crippen molar-refractivity contribution in [3.63, 3.8) is 0 Å². The van der Waals surface area contributed by atoms with Crippen LogP contribution in [0.4, 0.5) is 5.95 Å². The molecule has 6 nitrogen and oxygen atoms in total. The van der Waals surface area contributed by atoms with Gasteiger partial charge < -0.3 is 15.2 Å². The van der Waals surface area contributed by atoms with Crippen molar-refractivity contribution in [3.8, 4) is 0 Å². The van der Waals surface area contributed by atoms with Crippen LogP contribution in [0.3, 0.4) is 0 Å². The van der Waals surface area contributed by atoms with Crippen LogP contribution in [0.1, 0.15) is 45.4 Å². The normalized spacial score (nSPS) is 19.6. The predicted molar refractivity (Wildman–Crippen MR) is 118 cm³/mol. The van der Waals surface area contributed by atoms with Gasteiger partial charge in [0.2, 0.25) is 11.9 Å². The number of fused-ring (bicyclic) bond motifs is 1. The Kier molecular flexibility index (Phi) is 6.49. The Bertz CT molecular complexity index is 825. The van der Waals surface area contributed by atoms with Crippen molar-refractivity contribution in [1.82, 2.24) is 20.2 Å². The summed E-state index contributed by atoms with van der Waals surface area (Å²) in [5, 5.41) is 3.15. The van der Waals surface area contributed by atoms with Gasteiger partial charge in [0.25, 0.3) is 0 Å². The number of nitrogens with zero attached hydrogens (tertiary/aromatic N) is 3. The number of anilines is 1. The molecule has 1 amide bonds. The van der Waals surface area contributed by atoms with E-state index in [0.717, 1.165) is 62.5 Å². The molecule has 6 heteroatoms. The van der Waals surface area contributed by atoms with Crippen molar-refractivity contribution in [2.75, 3.05) is 37.6 Å². The molecule has 2 heterocycles. The number of carbonyl (C=O) groups excluding carboxylic acids is 1. The van der Waals surface area contributed by atoms with E-state index in [9.17, 15) is 4.79 Å². The number of hydrogen-bond acceptors (Lipinski definition) is 4. The van der Waals surface area contributed by atoms with Gasteiger partial charge in [-0.25, -0.2) is 4.98 Å². The van der Waals surface area contributed by atoms with Gasteiger partial charge in [-0.2, -0.15) is 0 Å². The van der Waals surface area contributed by atoms with Crippen LogP contribution >= 0.6 is 0 Å². The largest absolute Gasteiger partial charge is 0.354 e. The molecular weight excluding hydrogens is 362 g/mol. The van der Waals surface area contributed by atoms with Gasteiger partial charge >= 0.3 is 0 Å². The van der Waals surface area contributed by atoms with Crippen molar-refractivity contribution in [3.05, 3.63) is 35.9 Å². The summed E-state index contributed by atoms with van der Waals surface area (Å²) >= 11 is 0. The number of carbonyl (C=O) groups is 1. The van der Waals surface area contributed by atoms with Crippen molar-refractivity contribution in [1.29, 1.82) is 0 Å². The molecule has 4 rings (SSSR count). The van der Waals surface area contributed by atoms with Gasteiger partial charge in [0, 0.05) is 32.7 Å². The fraction of sp³-hybridized carbons (Fsp3) is 0.565. The van der Waals surface area contributed by atoms with Crippen molar-refractivity contribution >= 4 is 22.9 Å². The van der Waals surface area contributed by atoms with Gasteiger partial charge in [-0.05, 0) is 57.6 Å². The summed E-state index contributed by atoms with van der Waals surface area (Å²) in [6.45, 7) is 6.44. The van der Waals surface area contributed by atoms with Gasteiger partial charge in [0.15, 0.2) is 0 Å². The minimum atomic E-state index is -0.0917. The third-order valence-electron chi connectivity index (χ3n) is 6.26. The standard InChI is InChI=1S/C23H33N5O/c1-18(22(29)24-13-12-19-8-3-2-4-9-19)27-14-7-15-28(17-16-27)23-25-20-10-5-6-11-21(20)26-23/h5-6,8,10-11,18H,2-4,7,9,12-17H2,1H3,(H,24,29)(H,25,26). The number of aromatic amines is 1. The first kappa shape index (κ1) is 20.0. The highest BCUT2D eigenvalue weighted by Gasteiger charge is 2.24. The number of hydrogen-bond donors (Lipinski definition) is 2. The van der Waals surface area contributed by atoms with E-state index < -0.39 is 0 Å². The maximum Gasteiger partial charge on any atom is 0.237 e. The Morgan fingerprint density at radius 3 is 2.90 bits per heavy atom. The average molecular weight is 396 g/mol. The van der Waals surface area contributed by atoms with Crippen LogP contribution in [0.2, 0.25) is 0 Å². The van der Waals surface area contributed by atoms with Crippen LogP contribution in [0.25, 0.3) is 11.0 Å². The van der Waals surface area contributed by atoms with Gasteiger partial charge in [0.05, 0.1) is 17.1 Å². The first-order chi connectivity index (χ1) is 14.2. The highest BCUT2D eigenvalue weighted by molar-refractivity contribution is 5.81. The fourth-order valence-corrected chi connectivity index (χ4v) is 4.42. The van der Waals surface area contributed by atoms with Crippen LogP contribution in [0.5, 0.6) is 0 Å². The molecule has 156 valence electrons. The molecule has 2 aliphatic rings. The molecule has 1 aromatic heterocycles. The lowest BCUT2D eigenvalue weighted by atomic mass is 9.97. The third kappa shape index (κ3) is 4.99. The zero-order chi connectivity index (χ0) is 20.1. The zero-order valence-electron chi connectivity index (χ0n) is 17.5. The molecule has 1 saturated heterocycles. The number of nitrogens with one attached hydrogen (secondary N) is 2. The number of H-pyrrole nitrogens is 1. The Labute approximate surface area is 173 Å². The van der Waals surface area contributed by atoms with Gasteiger partial charge in [-0.15, -0.1) is 0 Å². The Morgan fingerprint density at radius 2 is 2.07 bits per heavy atom. The van der Waals surface area contributed by atoms with Crippen molar-refractivity contribution in [2.24, 2.45) is 0 Å². The second-order valence-electron chi connectivity index (χ2n) is 8.28. The van der Waals surface area contributed by atoms with Gasteiger partial charge in [-0.3, -0.25) is 9.69 Å². The smallest absolute Gasteiger partial charge is 0.237 e. The summed E-state index contributed by atoms with van der Waals surface area (Å²) in [6.07, 6.45) is 9.41.